The molecule has 1 amide bonds. The number of rotatable bonds is 6. The third kappa shape index (κ3) is 4.92. The zero-order chi connectivity index (χ0) is 16.1. The first kappa shape index (κ1) is 19.4. The van der Waals surface area contributed by atoms with Crippen LogP contribution in [0.25, 0.3) is 5.82 Å². The van der Waals surface area contributed by atoms with Crippen LogP contribution in [0.15, 0.2) is 18.2 Å². The maximum atomic E-state index is 12.2. The molecule has 2 aromatic heterocycles. The monoisotopic (exact) mass is 357 g/mol. The van der Waals surface area contributed by atoms with E-state index in [1.165, 1.54) is 0 Å². The summed E-state index contributed by atoms with van der Waals surface area (Å²) >= 11 is 6.10. The highest BCUT2D eigenvalue weighted by atomic mass is 35.5. The van der Waals surface area contributed by atoms with Gasteiger partial charge >= 0.3 is 0 Å². The van der Waals surface area contributed by atoms with Crippen LogP contribution in [0.1, 0.15) is 28.8 Å². The second-order valence-corrected chi connectivity index (χ2v) is 5.36. The first-order valence-corrected chi connectivity index (χ1v) is 7.59. The highest BCUT2D eigenvalue weighted by molar-refractivity contribution is 6.33. The highest BCUT2D eigenvalue weighted by Gasteiger charge is 2.14. The number of halogens is 2. The Kier molecular flexibility index (Phi) is 7.48. The number of nitrogens with one attached hydrogen (secondary N) is 2. The molecule has 0 saturated carbocycles. The van der Waals surface area contributed by atoms with Crippen molar-refractivity contribution in [2.24, 2.45) is 0 Å². The van der Waals surface area contributed by atoms with Gasteiger partial charge < -0.3 is 10.6 Å². The molecule has 0 bridgehead atoms. The lowest BCUT2D eigenvalue weighted by Crippen LogP contribution is -2.32. The Hall–Kier alpha value is -1.63. The lowest BCUT2D eigenvalue weighted by molar-refractivity contribution is 0.0949. The average molecular weight is 358 g/mol. The van der Waals surface area contributed by atoms with Crippen LogP contribution < -0.4 is 10.6 Å². The van der Waals surface area contributed by atoms with Gasteiger partial charge in [-0.05, 0) is 38.6 Å². The second kappa shape index (κ2) is 8.86. The van der Waals surface area contributed by atoms with Crippen molar-refractivity contribution in [1.29, 1.82) is 0 Å². The average Bonchev–Trinajstić information content (AvgIpc) is 2.82. The lowest BCUT2D eigenvalue weighted by atomic mass is 10.3. The fourth-order valence-electron chi connectivity index (χ4n) is 2.09. The molecule has 0 atom stereocenters. The van der Waals surface area contributed by atoms with E-state index in [1.54, 1.807) is 16.8 Å². The first-order valence-electron chi connectivity index (χ1n) is 7.22. The fraction of sp³-hybridized carbons (Fsp3) is 0.400. The SMILES string of the molecule is CCNCCNC(=O)c1nc(-n2nc(C)cc2C)ccc1Cl.Cl. The zero-order valence-corrected chi connectivity index (χ0v) is 15.0. The number of hydrogen-bond donors (Lipinski definition) is 2. The molecule has 6 nitrogen and oxygen atoms in total. The number of carbonyl (C=O) groups excluding carboxylic acids is 1. The van der Waals surface area contributed by atoms with Gasteiger partial charge in [0.05, 0.1) is 10.7 Å². The molecular formula is C15H21Cl2N5O. The molecule has 2 N–H and O–H groups in total. The van der Waals surface area contributed by atoms with Crippen LogP contribution in [0.2, 0.25) is 5.02 Å². The van der Waals surface area contributed by atoms with Crippen LogP contribution in [0.4, 0.5) is 0 Å². The Bertz CT molecular complexity index is 672. The van der Waals surface area contributed by atoms with E-state index in [-0.39, 0.29) is 24.0 Å². The maximum Gasteiger partial charge on any atom is 0.271 e. The van der Waals surface area contributed by atoms with Gasteiger partial charge in [0.25, 0.3) is 5.91 Å². The van der Waals surface area contributed by atoms with Gasteiger partial charge in [0, 0.05) is 18.8 Å². The van der Waals surface area contributed by atoms with Gasteiger partial charge in [-0.3, -0.25) is 4.79 Å². The summed E-state index contributed by atoms with van der Waals surface area (Å²) in [4.78, 5) is 16.5. The van der Waals surface area contributed by atoms with E-state index < -0.39 is 0 Å². The smallest absolute Gasteiger partial charge is 0.271 e. The van der Waals surface area contributed by atoms with Gasteiger partial charge in [-0.1, -0.05) is 18.5 Å². The van der Waals surface area contributed by atoms with E-state index in [1.807, 2.05) is 26.8 Å². The molecule has 0 fully saturated rings. The molecule has 2 rings (SSSR count). The Morgan fingerprint density at radius 3 is 2.65 bits per heavy atom. The van der Waals surface area contributed by atoms with Crippen molar-refractivity contribution in [2.75, 3.05) is 19.6 Å². The van der Waals surface area contributed by atoms with E-state index in [0.717, 1.165) is 17.9 Å². The van der Waals surface area contributed by atoms with Crippen LogP contribution in [-0.2, 0) is 0 Å². The van der Waals surface area contributed by atoms with Crippen molar-refractivity contribution in [3.8, 4) is 5.82 Å². The molecule has 126 valence electrons. The van der Waals surface area contributed by atoms with Crippen LogP contribution in [0, 0.1) is 13.8 Å². The number of aromatic nitrogens is 3. The summed E-state index contributed by atoms with van der Waals surface area (Å²) in [6.07, 6.45) is 0. The first-order chi connectivity index (χ1) is 10.5. The Balaban J connectivity index is 0.00000264. The summed E-state index contributed by atoms with van der Waals surface area (Å²) in [5, 5.41) is 10.6. The van der Waals surface area contributed by atoms with Gasteiger partial charge in [-0.25, -0.2) is 9.67 Å². The van der Waals surface area contributed by atoms with Gasteiger partial charge in [0.1, 0.15) is 5.69 Å². The number of amides is 1. The molecular weight excluding hydrogens is 337 g/mol. The highest BCUT2D eigenvalue weighted by Crippen LogP contribution is 2.17. The lowest BCUT2D eigenvalue weighted by Gasteiger charge is -2.09. The van der Waals surface area contributed by atoms with Crippen molar-refractivity contribution >= 4 is 29.9 Å². The summed E-state index contributed by atoms with van der Waals surface area (Å²) in [5.74, 6) is 0.290. The van der Waals surface area contributed by atoms with Crippen molar-refractivity contribution in [1.82, 2.24) is 25.4 Å². The van der Waals surface area contributed by atoms with Gasteiger partial charge in [0.2, 0.25) is 0 Å². The number of aryl methyl sites for hydroxylation is 2. The Labute approximate surface area is 147 Å². The standard InChI is InChI=1S/C15H20ClN5O.ClH/c1-4-17-7-8-18-15(22)14-12(16)5-6-13(19-14)21-11(3)9-10(2)20-21;/h5-6,9,17H,4,7-8H2,1-3H3,(H,18,22);1H. The van der Waals surface area contributed by atoms with Crippen molar-refractivity contribution in [3.63, 3.8) is 0 Å². The summed E-state index contributed by atoms with van der Waals surface area (Å²) in [5.41, 5.74) is 2.06. The number of hydrogen-bond acceptors (Lipinski definition) is 4. The quantitative estimate of drug-likeness (QED) is 0.778. The number of carbonyl (C=O) groups is 1. The molecule has 0 aromatic carbocycles. The predicted octanol–water partition coefficient (Wildman–Crippen LogP) is 2.30. The van der Waals surface area contributed by atoms with Crippen LogP contribution >= 0.6 is 24.0 Å². The van der Waals surface area contributed by atoms with Crippen LogP contribution in [-0.4, -0.2) is 40.3 Å². The van der Waals surface area contributed by atoms with Gasteiger partial charge in [-0.2, -0.15) is 5.10 Å². The van der Waals surface area contributed by atoms with Crippen molar-refractivity contribution in [2.45, 2.75) is 20.8 Å². The van der Waals surface area contributed by atoms with E-state index in [0.29, 0.717) is 23.9 Å². The molecule has 0 spiro atoms. The van der Waals surface area contributed by atoms with Gasteiger partial charge in [0.15, 0.2) is 5.82 Å². The molecule has 0 aliphatic rings. The molecule has 2 heterocycles. The molecule has 2 aromatic rings. The minimum atomic E-state index is -0.286. The molecule has 0 aliphatic heterocycles. The minimum absolute atomic E-state index is 0. The summed E-state index contributed by atoms with van der Waals surface area (Å²) < 4.78 is 1.70. The van der Waals surface area contributed by atoms with E-state index in [2.05, 4.69) is 20.7 Å². The summed E-state index contributed by atoms with van der Waals surface area (Å²) in [7, 11) is 0. The third-order valence-corrected chi connectivity index (χ3v) is 3.42. The van der Waals surface area contributed by atoms with Crippen LogP contribution in [0.5, 0.6) is 0 Å². The molecule has 8 heteroatoms. The maximum absolute atomic E-state index is 12.2. The van der Waals surface area contributed by atoms with E-state index >= 15 is 0 Å². The number of likely N-dealkylation sites (N-methyl/N-ethyl adjacent to an activating group) is 1. The predicted molar refractivity (Wildman–Crippen MR) is 94.0 cm³/mol. The number of nitrogens with zero attached hydrogens (tertiary/aromatic N) is 3. The molecule has 0 unspecified atom stereocenters. The van der Waals surface area contributed by atoms with E-state index in [9.17, 15) is 4.79 Å². The molecule has 23 heavy (non-hydrogen) atoms. The molecule has 0 radical (unpaired) electrons. The molecule has 0 saturated heterocycles. The zero-order valence-electron chi connectivity index (χ0n) is 13.4. The topological polar surface area (TPSA) is 71.8 Å². The third-order valence-electron chi connectivity index (χ3n) is 3.11. The summed E-state index contributed by atoms with van der Waals surface area (Å²) in [6, 6.07) is 5.36. The minimum Gasteiger partial charge on any atom is -0.349 e. The van der Waals surface area contributed by atoms with Crippen LogP contribution in [0.3, 0.4) is 0 Å². The Morgan fingerprint density at radius 2 is 2.04 bits per heavy atom. The number of pyridine rings is 1. The largest absolute Gasteiger partial charge is 0.349 e. The van der Waals surface area contributed by atoms with Crippen molar-refractivity contribution < 1.29 is 4.79 Å². The fourth-order valence-corrected chi connectivity index (χ4v) is 2.29. The van der Waals surface area contributed by atoms with Gasteiger partial charge in [-0.15, -0.1) is 12.4 Å². The van der Waals surface area contributed by atoms with E-state index in [4.69, 9.17) is 11.6 Å². The Morgan fingerprint density at radius 1 is 1.30 bits per heavy atom. The summed E-state index contributed by atoms with van der Waals surface area (Å²) in [6.45, 7) is 7.95. The second-order valence-electron chi connectivity index (χ2n) is 4.95. The van der Waals surface area contributed by atoms with Crippen molar-refractivity contribution in [3.05, 3.63) is 40.3 Å². The molecule has 0 aliphatic carbocycles. The normalized spacial score (nSPS) is 10.3.